The van der Waals surface area contributed by atoms with Crippen molar-refractivity contribution < 1.29 is 0 Å². The van der Waals surface area contributed by atoms with Crippen molar-refractivity contribution in [3.63, 3.8) is 0 Å². The minimum atomic E-state index is 0.996. The van der Waals surface area contributed by atoms with Crippen LogP contribution in [0.2, 0.25) is 0 Å². The van der Waals surface area contributed by atoms with Crippen LogP contribution < -0.4 is 5.32 Å². The van der Waals surface area contributed by atoms with E-state index in [0.717, 1.165) is 19.6 Å². The summed E-state index contributed by atoms with van der Waals surface area (Å²) in [6.07, 6.45) is 3.72. The molecule has 18 heavy (non-hydrogen) atoms. The molecule has 0 aliphatic carbocycles. The fraction of sp³-hybridized carbons (Fsp3) is 0.267. The number of pyridine rings is 1. The molecule has 1 N–H and O–H groups in total. The maximum atomic E-state index is 4.18. The van der Waals surface area contributed by atoms with Crippen molar-refractivity contribution in [2.45, 2.75) is 6.54 Å². The molecule has 0 saturated carbocycles. The van der Waals surface area contributed by atoms with Gasteiger partial charge in [-0.05, 0) is 41.9 Å². The smallest absolute Gasteiger partial charge is 0.0386 e. The fourth-order valence-electron chi connectivity index (χ4n) is 2.36. The lowest BCUT2D eigenvalue weighted by atomic mass is 10.0. The van der Waals surface area contributed by atoms with Crippen LogP contribution in [0.25, 0.3) is 11.1 Å². The maximum absolute atomic E-state index is 4.18. The third-order valence-corrected chi connectivity index (χ3v) is 3.35. The number of hydrogen-bond acceptors (Lipinski definition) is 3. The van der Waals surface area contributed by atoms with Gasteiger partial charge < -0.3 is 10.2 Å². The van der Waals surface area contributed by atoms with E-state index in [1.165, 1.54) is 22.4 Å². The second-order valence-corrected chi connectivity index (χ2v) is 4.78. The van der Waals surface area contributed by atoms with Gasteiger partial charge in [-0.15, -0.1) is 0 Å². The van der Waals surface area contributed by atoms with Gasteiger partial charge in [0.15, 0.2) is 0 Å². The van der Waals surface area contributed by atoms with Gasteiger partial charge in [-0.1, -0.05) is 12.1 Å². The standard InChI is InChI=1S/C15H17N3/c1-18-8-7-17-15-5-4-12(9-14(15)11-18)13-3-2-6-16-10-13/h2-6,9-10,17H,7-8,11H2,1H3. The monoisotopic (exact) mass is 239 g/mol. The van der Waals surface area contributed by atoms with Gasteiger partial charge in [-0.3, -0.25) is 4.98 Å². The lowest BCUT2D eigenvalue weighted by Gasteiger charge is -2.13. The van der Waals surface area contributed by atoms with E-state index in [4.69, 9.17) is 0 Å². The molecule has 1 aliphatic heterocycles. The minimum absolute atomic E-state index is 0.996. The zero-order valence-electron chi connectivity index (χ0n) is 10.6. The molecule has 3 heteroatoms. The molecule has 0 radical (unpaired) electrons. The fourth-order valence-corrected chi connectivity index (χ4v) is 2.36. The molecule has 1 aromatic carbocycles. The molecule has 3 rings (SSSR count). The van der Waals surface area contributed by atoms with Crippen LogP contribution in [0.3, 0.4) is 0 Å². The number of hydrogen-bond donors (Lipinski definition) is 1. The van der Waals surface area contributed by atoms with E-state index in [1.54, 1.807) is 0 Å². The summed E-state index contributed by atoms with van der Waals surface area (Å²) in [4.78, 5) is 6.52. The Kier molecular flexibility index (Phi) is 2.99. The quantitative estimate of drug-likeness (QED) is 0.829. The number of nitrogens with one attached hydrogen (secondary N) is 1. The summed E-state index contributed by atoms with van der Waals surface area (Å²) in [6.45, 7) is 3.09. The molecule has 0 spiro atoms. The third kappa shape index (κ3) is 2.22. The summed E-state index contributed by atoms with van der Waals surface area (Å²) in [7, 11) is 2.16. The molecule has 92 valence electrons. The maximum Gasteiger partial charge on any atom is 0.0386 e. The summed E-state index contributed by atoms with van der Waals surface area (Å²) in [5, 5.41) is 3.48. The second-order valence-electron chi connectivity index (χ2n) is 4.78. The first kappa shape index (κ1) is 11.2. The Morgan fingerprint density at radius 2 is 2.17 bits per heavy atom. The highest BCUT2D eigenvalue weighted by Crippen LogP contribution is 2.26. The van der Waals surface area contributed by atoms with E-state index in [1.807, 2.05) is 18.5 Å². The predicted octanol–water partition coefficient (Wildman–Crippen LogP) is 2.61. The van der Waals surface area contributed by atoms with Crippen LogP contribution >= 0.6 is 0 Å². The van der Waals surface area contributed by atoms with Gasteiger partial charge >= 0.3 is 0 Å². The molecule has 0 amide bonds. The molecule has 0 unspecified atom stereocenters. The summed E-state index contributed by atoms with van der Waals surface area (Å²) < 4.78 is 0. The SMILES string of the molecule is CN1CCNc2ccc(-c3cccnc3)cc2C1. The second kappa shape index (κ2) is 4.78. The van der Waals surface area contributed by atoms with E-state index in [2.05, 4.69) is 46.5 Å². The van der Waals surface area contributed by atoms with Crippen LogP contribution in [0.15, 0.2) is 42.7 Å². The summed E-state index contributed by atoms with van der Waals surface area (Å²) in [5.41, 5.74) is 5.02. The zero-order valence-corrected chi connectivity index (χ0v) is 10.6. The first-order valence-corrected chi connectivity index (χ1v) is 6.29. The highest BCUT2D eigenvalue weighted by atomic mass is 15.1. The number of rotatable bonds is 1. The molecular formula is C15H17N3. The number of aromatic nitrogens is 1. The van der Waals surface area contributed by atoms with Gasteiger partial charge in [0.2, 0.25) is 0 Å². The van der Waals surface area contributed by atoms with Crippen molar-refractivity contribution in [1.29, 1.82) is 0 Å². The number of likely N-dealkylation sites (N-methyl/N-ethyl adjacent to an activating group) is 1. The van der Waals surface area contributed by atoms with E-state index < -0.39 is 0 Å². The Labute approximate surface area is 107 Å². The average molecular weight is 239 g/mol. The number of anilines is 1. The average Bonchev–Trinajstić information content (AvgIpc) is 2.59. The van der Waals surface area contributed by atoms with Crippen molar-refractivity contribution in [2.24, 2.45) is 0 Å². The van der Waals surface area contributed by atoms with Crippen LogP contribution in [-0.4, -0.2) is 30.0 Å². The summed E-state index contributed by atoms with van der Waals surface area (Å²) >= 11 is 0. The Bertz CT molecular complexity index is 537. The van der Waals surface area contributed by atoms with E-state index in [-0.39, 0.29) is 0 Å². The highest BCUT2D eigenvalue weighted by molar-refractivity contribution is 5.68. The molecule has 0 saturated heterocycles. The first-order chi connectivity index (χ1) is 8.83. The number of benzene rings is 1. The molecule has 1 aromatic heterocycles. The topological polar surface area (TPSA) is 28.2 Å². The van der Waals surface area contributed by atoms with Crippen LogP contribution in [0.5, 0.6) is 0 Å². The highest BCUT2D eigenvalue weighted by Gasteiger charge is 2.11. The van der Waals surface area contributed by atoms with E-state index in [9.17, 15) is 0 Å². The largest absolute Gasteiger partial charge is 0.383 e. The van der Waals surface area contributed by atoms with Crippen LogP contribution in [0.4, 0.5) is 5.69 Å². The van der Waals surface area contributed by atoms with Gasteiger partial charge in [-0.2, -0.15) is 0 Å². The lowest BCUT2D eigenvalue weighted by Crippen LogP contribution is -2.20. The zero-order chi connectivity index (χ0) is 12.4. The normalized spacial score (nSPS) is 15.6. The van der Waals surface area contributed by atoms with Crippen molar-refractivity contribution in [1.82, 2.24) is 9.88 Å². The van der Waals surface area contributed by atoms with Gasteiger partial charge in [0.25, 0.3) is 0 Å². The molecule has 1 aliphatic rings. The van der Waals surface area contributed by atoms with Crippen LogP contribution in [0, 0.1) is 0 Å². The molecule has 2 aromatic rings. The van der Waals surface area contributed by atoms with Gasteiger partial charge in [-0.25, -0.2) is 0 Å². The van der Waals surface area contributed by atoms with Gasteiger partial charge in [0.1, 0.15) is 0 Å². The Hall–Kier alpha value is -1.87. The number of fused-ring (bicyclic) bond motifs is 1. The molecule has 0 bridgehead atoms. The Morgan fingerprint density at radius 3 is 3.00 bits per heavy atom. The minimum Gasteiger partial charge on any atom is -0.383 e. The molecule has 0 fully saturated rings. The first-order valence-electron chi connectivity index (χ1n) is 6.29. The van der Waals surface area contributed by atoms with Crippen molar-refractivity contribution >= 4 is 5.69 Å². The van der Waals surface area contributed by atoms with Crippen LogP contribution in [-0.2, 0) is 6.54 Å². The van der Waals surface area contributed by atoms with Gasteiger partial charge in [0.05, 0.1) is 0 Å². The Balaban J connectivity index is 2.00. The summed E-state index contributed by atoms with van der Waals surface area (Å²) in [6, 6.07) is 10.7. The van der Waals surface area contributed by atoms with Gasteiger partial charge in [0, 0.05) is 37.7 Å². The van der Waals surface area contributed by atoms with Crippen molar-refractivity contribution in [2.75, 3.05) is 25.5 Å². The van der Waals surface area contributed by atoms with Crippen molar-refractivity contribution in [3.05, 3.63) is 48.3 Å². The van der Waals surface area contributed by atoms with Crippen LogP contribution in [0.1, 0.15) is 5.56 Å². The third-order valence-electron chi connectivity index (χ3n) is 3.35. The molecule has 2 heterocycles. The molecule has 3 nitrogen and oxygen atoms in total. The molecule has 0 atom stereocenters. The summed E-state index contributed by atoms with van der Waals surface area (Å²) in [5.74, 6) is 0. The van der Waals surface area contributed by atoms with E-state index >= 15 is 0 Å². The molecular weight excluding hydrogens is 222 g/mol. The predicted molar refractivity (Wildman–Crippen MR) is 74.5 cm³/mol. The van der Waals surface area contributed by atoms with E-state index in [0.29, 0.717) is 0 Å². The lowest BCUT2D eigenvalue weighted by molar-refractivity contribution is 0.346. The Morgan fingerprint density at radius 1 is 1.22 bits per heavy atom. The van der Waals surface area contributed by atoms with Crippen molar-refractivity contribution in [3.8, 4) is 11.1 Å². The number of nitrogens with zero attached hydrogens (tertiary/aromatic N) is 2.